The lowest BCUT2D eigenvalue weighted by Crippen LogP contribution is -2.36. The Kier molecular flexibility index (Phi) is 8.23. The van der Waals surface area contributed by atoms with Gasteiger partial charge in [0.05, 0.1) is 26.9 Å². The predicted octanol–water partition coefficient (Wildman–Crippen LogP) is 2.53. The highest BCUT2D eigenvalue weighted by atomic mass is 16.5. The molecule has 160 valence electrons. The molecule has 1 amide bonds. The minimum absolute atomic E-state index is 0.0861. The summed E-state index contributed by atoms with van der Waals surface area (Å²) in [6.45, 7) is 4.42. The third-order valence-corrected chi connectivity index (χ3v) is 5.01. The fraction of sp³-hybridized carbons (Fsp3) is 0.391. The Morgan fingerprint density at radius 1 is 1.07 bits per heavy atom. The number of esters is 1. The SMILES string of the molecule is COC(=O)CN(CCC(=O)Nc1ccc(N2CCOCC2)cc1)Cc1ccccc1. The van der Waals surface area contributed by atoms with Gasteiger partial charge in [0.15, 0.2) is 0 Å². The number of amides is 1. The van der Waals surface area contributed by atoms with Crippen molar-refractivity contribution < 1.29 is 19.1 Å². The van der Waals surface area contributed by atoms with Crippen LogP contribution in [0.1, 0.15) is 12.0 Å². The molecule has 3 rings (SSSR count). The molecule has 0 aliphatic carbocycles. The lowest BCUT2D eigenvalue weighted by atomic mass is 10.2. The quantitative estimate of drug-likeness (QED) is 0.640. The first kappa shape index (κ1) is 21.8. The van der Waals surface area contributed by atoms with Gasteiger partial charge in [0.25, 0.3) is 0 Å². The fourth-order valence-corrected chi connectivity index (χ4v) is 3.36. The molecule has 1 heterocycles. The van der Waals surface area contributed by atoms with Crippen molar-refractivity contribution in [2.24, 2.45) is 0 Å². The maximum absolute atomic E-state index is 12.4. The number of morpholine rings is 1. The van der Waals surface area contributed by atoms with Gasteiger partial charge in [0.1, 0.15) is 0 Å². The molecule has 1 aliphatic rings. The summed E-state index contributed by atoms with van der Waals surface area (Å²) in [5, 5.41) is 2.93. The van der Waals surface area contributed by atoms with Gasteiger partial charge in [-0.15, -0.1) is 0 Å². The zero-order valence-corrected chi connectivity index (χ0v) is 17.4. The van der Waals surface area contributed by atoms with E-state index in [1.807, 2.05) is 59.5 Å². The van der Waals surface area contributed by atoms with Crippen LogP contribution < -0.4 is 10.2 Å². The van der Waals surface area contributed by atoms with Crippen LogP contribution in [0.4, 0.5) is 11.4 Å². The summed E-state index contributed by atoms with van der Waals surface area (Å²) in [5.41, 5.74) is 2.98. The molecule has 30 heavy (non-hydrogen) atoms. The minimum Gasteiger partial charge on any atom is -0.468 e. The van der Waals surface area contributed by atoms with E-state index in [1.165, 1.54) is 7.11 Å². The van der Waals surface area contributed by atoms with Crippen molar-refractivity contribution in [3.63, 3.8) is 0 Å². The Bertz CT molecular complexity index is 805. The number of nitrogens with zero attached hydrogens (tertiary/aromatic N) is 2. The monoisotopic (exact) mass is 411 g/mol. The van der Waals surface area contributed by atoms with Gasteiger partial charge in [0, 0.05) is 44.0 Å². The zero-order valence-electron chi connectivity index (χ0n) is 17.4. The van der Waals surface area contributed by atoms with Crippen molar-refractivity contribution in [2.45, 2.75) is 13.0 Å². The second-order valence-electron chi connectivity index (χ2n) is 7.22. The number of rotatable bonds is 9. The van der Waals surface area contributed by atoms with E-state index < -0.39 is 0 Å². The predicted molar refractivity (Wildman–Crippen MR) is 116 cm³/mol. The van der Waals surface area contributed by atoms with Crippen molar-refractivity contribution in [2.75, 3.05) is 56.7 Å². The molecule has 0 aromatic heterocycles. The molecule has 0 radical (unpaired) electrons. The van der Waals surface area contributed by atoms with Gasteiger partial charge in [0.2, 0.25) is 5.91 Å². The van der Waals surface area contributed by atoms with E-state index in [0.717, 1.165) is 43.2 Å². The van der Waals surface area contributed by atoms with Crippen LogP contribution >= 0.6 is 0 Å². The van der Waals surface area contributed by atoms with Crippen LogP contribution in [-0.2, 0) is 25.6 Å². The van der Waals surface area contributed by atoms with Crippen molar-refractivity contribution in [1.82, 2.24) is 4.90 Å². The Morgan fingerprint density at radius 2 is 1.77 bits per heavy atom. The normalized spacial score (nSPS) is 13.9. The molecule has 0 atom stereocenters. The third kappa shape index (κ3) is 6.86. The van der Waals surface area contributed by atoms with Gasteiger partial charge in [-0.25, -0.2) is 0 Å². The highest BCUT2D eigenvalue weighted by Crippen LogP contribution is 2.19. The van der Waals surface area contributed by atoms with Crippen LogP contribution in [0.25, 0.3) is 0 Å². The summed E-state index contributed by atoms with van der Waals surface area (Å²) in [4.78, 5) is 28.4. The number of ether oxygens (including phenoxy) is 2. The number of carbonyl (C=O) groups excluding carboxylic acids is 2. The molecule has 0 spiro atoms. The van der Waals surface area contributed by atoms with Crippen LogP contribution in [-0.4, -0.2) is 63.3 Å². The lowest BCUT2D eigenvalue weighted by molar-refractivity contribution is -0.142. The van der Waals surface area contributed by atoms with Gasteiger partial charge < -0.3 is 19.7 Å². The maximum atomic E-state index is 12.4. The second kappa shape index (κ2) is 11.3. The molecule has 0 bridgehead atoms. The van der Waals surface area contributed by atoms with Gasteiger partial charge in [-0.3, -0.25) is 14.5 Å². The highest BCUT2D eigenvalue weighted by molar-refractivity contribution is 5.91. The van der Waals surface area contributed by atoms with Crippen LogP contribution in [0, 0.1) is 0 Å². The summed E-state index contributed by atoms with van der Waals surface area (Å²) >= 11 is 0. The minimum atomic E-state index is -0.315. The Hall–Kier alpha value is -2.90. The average molecular weight is 412 g/mol. The molecule has 7 heteroatoms. The van der Waals surface area contributed by atoms with E-state index in [-0.39, 0.29) is 24.8 Å². The zero-order chi connectivity index (χ0) is 21.2. The van der Waals surface area contributed by atoms with Crippen LogP contribution in [0.5, 0.6) is 0 Å². The molecule has 1 saturated heterocycles. The number of benzene rings is 2. The van der Waals surface area contributed by atoms with Gasteiger partial charge >= 0.3 is 5.97 Å². The standard InChI is InChI=1S/C23H29N3O4/c1-29-23(28)18-25(17-19-5-3-2-4-6-19)12-11-22(27)24-20-7-9-21(10-8-20)26-13-15-30-16-14-26/h2-10H,11-18H2,1H3,(H,24,27). The third-order valence-electron chi connectivity index (χ3n) is 5.01. The van der Waals surface area contributed by atoms with E-state index in [9.17, 15) is 9.59 Å². The van der Waals surface area contributed by atoms with Crippen molar-refractivity contribution in [3.8, 4) is 0 Å². The first-order valence-corrected chi connectivity index (χ1v) is 10.2. The van der Waals surface area contributed by atoms with Gasteiger partial charge in [-0.05, 0) is 29.8 Å². The molecular weight excluding hydrogens is 382 g/mol. The Labute approximate surface area is 177 Å². The average Bonchev–Trinajstić information content (AvgIpc) is 2.79. The molecular formula is C23H29N3O4. The number of nitrogens with one attached hydrogen (secondary N) is 1. The van der Waals surface area contributed by atoms with E-state index in [0.29, 0.717) is 13.1 Å². The largest absolute Gasteiger partial charge is 0.468 e. The Balaban J connectivity index is 1.51. The number of carbonyl (C=O) groups is 2. The van der Waals surface area contributed by atoms with E-state index in [1.54, 1.807) is 0 Å². The van der Waals surface area contributed by atoms with E-state index in [2.05, 4.69) is 10.2 Å². The van der Waals surface area contributed by atoms with Crippen molar-refractivity contribution in [1.29, 1.82) is 0 Å². The summed E-state index contributed by atoms with van der Waals surface area (Å²) in [6, 6.07) is 17.7. The summed E-state index contributed by atoms with van der Waals surface area (Å²) < 4.78 is 10.2. The number of hydrogen-bond acceptors (Lipinski definition) is 6. The molecule has 1 N–H and O–H groups in total. The highest BCUT2D eigenvalue weighted by Gasteiger charge is 2.14. The summed E-state index contributed by atoms with van der Waals surface area (Å²) in [7, 11) is 1.37. The topological polar surface area (TPSA) is 71.1 Å². The fourth-order valence-electron chi connectivity index (χ4n) is 3.36. The van der Waals surface area contributed by atoms with Crippen LogP contribution in [0.15, 0.2) is 54.6 Å². The van der Waals surface area contributed by atoms with Crippen molar-refractivity contribution in [3.05, 3.63) is 60.2 Å². The Morgan fingerprint density at radius 3 is 2.43 bits per heavy atom. The van der Waals surface area contributed by atoms with Crippen molar-refractivity contribution >= 4 is 23.3 Å². The maximum Gasteiger partial charge on any atom is 0.319 e. The van der Waals surface area contributed by atoms with E-state index in [4.69, 9.17) is 9.47 Å². The lowest BCUT2D eigenvalue weighted by Gasteiger charge is -2.28. The molecule has 0 unspecified atom stereocenters. The molecule has 1 aliphatic heterocycles. The van der Waals surface area contributed by atoms with Gasteiger partial charge in [-0.2, -0.15) is 0 Å². The molecule has 1 fully saturated rings. The van der Waals surface area contributed by atoms with Crippen LogP contribution in [0.3, 0.4) is 0 Å². The molecule has 2 aromatic rings. The molecule has 0 saturated carbocycles. The molecule has 7 nitrogen and oxygen atoms in total. The first-order valence-electron chi connectivity index (χ1n) is 10.2. The first-order chi connectivity index (χ1) is 14.6. The van der Waals surface area contributed by atoms with Gasteiger partial charge in [-0.1, -0.05) is 30.3 Å². The number of anilines is 2. The van der Waals surface area contributed by atoms with E-state index >= 15 is 0 Å². The number of hydrogen-bond donors (Lipinski definition) is 1. The van der Waals surface area contributed by atoms with Crippen LogP contribution in [0.2, 0.25) is 0 Å². The summed E-state index contributed by atoms with van der Waals surface area (Å²) in [6.07, 6.45) is 0.287. The summed E-state index contributed by atoms with van der Waals surface area (Å²) in [5.74, 6) is -0.401. The number of methoxy groups -OCH3 is 1. The smallest absolute Gasteiger partial charge is 0.319 e. The second-order valence-corrected chi connectivity index (χ2v) is 7.22. The molecule has 2 aromatic carbocycles.